The van der Waals surface area contributed by atoms with Crippen LogP contribution in [0.15, 0.2) is 0 Å². The molecule has 1 aliphatic rings. The van der Waals surface area contributed by atoms with Crippen molar-refractivity contribution in [3.05, 3.63) is 16.0 Å². The molecule has 8 heteroatoms. The third-order valence-corrected chi connectivity index (χ3v) is 4.64. The molecule has 1 amide bonds. The average molecular weight is 341 g/mol. The maximum absolute atomic E-state index is 12.2. The minimum absolute atomic E-state index is 0.184. The van der Waals surface area contributed by atoms with E-state index in [4.69, 9.17) is 14.2 Å². The maximum Gasteiger partial charge on any atom is 0.348 e. The van der Waals surface area contributed by atoms with Gasteiger partial charge in [-0.2, -0.15) is 0 Å². The molecule has 1 aromatic rings. The Kier molecular flexibility index (Phi) is 5.73. The molecule has 0 aliphatic carbocycles. The maximum atomic E-state index is 12.2. The average Bonchev–Trinajstić information content (AvgIpc) is 3.15. The van der Waals surface area contributed by atoms with Crippen molar-refractivity contribution in [3.8, 4) is 0 Å². The summed E-state index contributed by atoms with van der Waals surface area (Å²) in [6, 6.07) is 0. The third kappa shape index (κ3) is 3.70. The largest absolute Gasteiger partial charge is 0.465 e. The van der Waals surface area contributed by atoms with E-state index in [1.165, 1.54) is 7.11 Å². The molecule has 0 spiro atoms. The van der Waals surface area contributed by atoms with Gasteiger partial charge in [0.2, 0.25) is 0 Å². The highest BCUT2D eigenvalue weighted by Crippen LogP contribution is 2.34. The number of hydrogen-bond acceptors (Lipinski definition) is 7. The van der Waals surface area contributed by atoms with E-state index in [2.05, 4.69) is 5.32 Å². The predicted molar refractivity (Wildman–Crippen MR) is 84.0 cm³/mol. The van der Waals surface area contributed by atoms with E-state index in [1.807, 2.05) is 0 Å². The molecule has 1 aromatic heterocycles. The number of esters is 2. The summed E-state index contributed by atoms with van der Waals surface area (Å²) in [5.41, 5.74) is 0.617. The lowest BCUT2D eigenvalue weighted by Gasteiger charge is -2.10. The van der Waals surface area contributed by atoms with Crippen LogP contribution in [0.2, 0.25) is 0 Å². The summed E-state index contributed by atoms with van der Waals surface area (Å²) in [7, 11) is 1.26. The molecule has 1 aliphatic heterocycles. The number of amides is 1. The zero-order chi connectivity index (χ0) is 17.0. The molecule has 23 heavy (non-hydrogen) atoms. The van der Waals surface area contributed by atoms with Crippen molar-refractivity contribution >= 4 is 34.2 Å². The van der Waals surface area contributed by atoms with E-state index >= 15 is 0 Å². The third-order valence-electron chi connectivity index (χ3n) is 3.46. The van der Waals surface area contributed by atoms with Gasteiger partial charge in [0.25, 0.3) is 5.91 Å². The van der Waals surface area contributed by atoms with Crippen molar-refractivity contribution in [2.24, 2.45) is 0 Å². The highest BCUT2D eigenvalue weighted by Gasteiger charge is 2.30. The molecule has 2 heterocycles. The van der Waals surface area contributed by atoms with Crippen LogP contribution in [-0.4, -0.2) is 44.3 Å². The molecular weight excluding hydrogens is 322 g/mol. The molecule has 126 valence electrons. The van der Waals surface area contributed by atoms with Crippen LogP contribution < -0.4 is 5.32 Å². The fourth-order valence-corrected chi connectivity index (χ4v) is 3.43. The lowest BCUT2D eigenvalue weighted by molar-refractivity contribution is -0.124. The van der Waals surface area contributed by atoms with Crippen molar-refractivity contribution in [3.63, 3.8) is 0 Å². The minimum Gasteiger partial charge on any atom is -0.465 e. The second-order valence-electron chi connectivity index (χ2n) is 4.96. The van der Waals surface area contributed by atoms with Crippen LogP contribution in [0.4, 0.5) is 5.00 Å². The van der Waals surface area contributed by atoms with Gasteiger partial charge >= 0.3 is 11.9 Å². The Morgan fingerprint density at radius 3 is 2.65 bits per heavy atom. The molecule has 1 fully saturated rings. The fourth-order valence-electron chi connectivity index (χ4n) is 2.31. The summed E-state index contributed by atoms with van der Waals surface area (Å²) < 4.78 is 15.1. The number of ether oxygens (including phenoxy) is 3. The van der Waals surface area contributed by atoms with E-state index in [9.17, 15) is 14.4 Å². The van der Waals surface area contributed by atoms with E-state index in [0.717, 1.165) is 17.8 Å². The van der Waals surface area contributed by atoms with Crippen LogP contribution in [0.5, 0.6) is 0 Å². The lowest BCUT2D eigenvalue weighted by atomic mass is 10.1. The number of thiophene rings is 1. The molecule has 0 unspecified atom stereocenters. The van der Waals surface area contributed by atoms with Crippen molar-refractivity contribution < 1.29 is 28.6 Å². The topological polar surface area (TPSA) is 90.9 Å². The summed E-state index contributed by atoms with van der Waals surface area (Å²) >= 11 is 0.997. The summed E-state index contributed by atoms with van der Waals surface area (Å²) in [4.78, 5) is 36.5. The van der Waals surface area contributed by atoms with Gasteiger partial charge in [-0.05, 0) is 32.3 Å². The Morgan fingerprint density at radius 2 is 2.09 bits per heavy atom. The van der Waals surface area contributed by atoms with Gasteiger partial charge in [-0.15, -0.1) is 11.3 Å². The first kappa shape index (κ1) is 17.4. The monoisotopic (exact) mass is 341 g/mol. The van der Waals surface area contributed by atoms with Gasteiger partial charge in [-0.1, -0.05) is 0 Å². The molecule has 1 atom stereocenters. The smallest absolute Gasteiger partial charge is 0.348 e. The van der Waals surface area contributed by atoms with Gasteiger partial charge in [-0.25, -0.2) is 9.59 Å². The molecule has 0 radical (unpaired) electrons. The summed E-state index contributed by atoms with van der Waals surface area (Å²) in [5.74, 6) is -1.47. The Morgan fingerprint density at radius 1 is 1.35 bits per heavy atom. The summed E-state index contributed by atoms with van der Waals surface area (Å²) in [6.45, 7) is 4.04. The Labute approximate surface area is 137 Å². The van der Waals surface area contributed by atoms with E-state index in [-0.39, 0.29) is 28.0 Å². The molecule has 0 saturated carbocycles. The normalized spacial score (nSPS) is 16.9. The number of methoxy groups -OCH3 is 1. The quantitative estimate of drug-likeness (QED) is 0.825. The van der Waals surface area contributed by atoms with E-state index < -0.39 is 18.0 Å². The van der Waals surface area contributed by atoms with Crippen LogP contribution in [0.25, 0.3) is 0 Å². The number of carbonyl (C=O) groups is 3. The molecule has 0 aromatic carbocycles. The molecule has 2 rings (SSSR count). The van der Waals surface area contributed by atoms with Gasteiger partial charge in [-0.3, -0.25) is 4.79 Å². The summed E-state index contributed by atoms with van der Waals surface area (Å²) in [6.07, 6.45) is 0.920. The molecule has 1 saturated heterocycles. The van der Waals surface area contributed by atoms with Crippen LogP contribution in [0.1, 0.15) is 45.4 Å². The SMILES string of the molecule is CCOC(=O)c1c(NC(=O)[C@@H]2CCCO2)sc(C(=O)OC)c1C. The highest BCUT2D eigenvalue weighted by molar-refractivity contribution is 7.18. The minimum atomic E-state index is -0.584. The van der Waals surface area contributed by atoms with Crippen LogP contribution in [0.3, 0.4) is 0 Å². The van der Waals surface area contributed by atoms with Crippen LogP contribution in [0, 0.1) is 6.92 Å². The first-order chi connectivity index (χ1) is 11.0. The Balaban J connectivity index is 2.33. The lowest BCUT2D eigenvalue weighted by Crippen LogP contribution is -2.27. The number of rotatable bonds is 5. The van der Waals surface area contributed by atoms with Gasteiger partial charge in [0.05, 0.1) is 19.3 Å². The molecule has 7 nitrogen and oxygen atoms in total. The van der Waals surface area contributed by atoms with Gasteiger partial charge in [0.1, 0.15) is 16.0 Å². The van der Waals surface area contributed by atoms with Crippen molar-refractivity contribution in [2.75, 3.05) is 25.6 Å². The molecule has 0 bridgehead atoms. The number of carbonyl (C=O) groups excluding carboxylic acids is 3. The van der Waals surface area contributed by atoms with E-state index in [0.29, 0.717) is 18.6 Å². The van der Waals surface area contributed by atoms with E-state index in [1.54, 1.807) is 13.8 Å². The van der Waals surface area contributed by atoms with Gasteiger partial charge in [0, 0.05) is 6.61 Å². The molecule has 1 N–H and O–H groups in total. The molecular formula is C15H19NO6S. The first-order valence-corrected chi connectivity index (χ1v) is 8.12. The Hall–Kier alpha value is -1.93. The second kappa shape index (κ2) is 7.56. The second-order valence-corrected chi connectivity index (χ2v) is 5.98. The zero-order valence-corrected chi connectivity index (χ0v) is 14.1. The van der Waals surface area contributed by atoms with Crippen molar-refractivity contribution in [2.45, 2.75) is 32.8 Å². The van der Waals surface area contributed by atoms with Crippen LogP contribution in [-0.2, 0) is 19.0 Å². The predicted octanol–water partition coefficient (Wildman–Crippen LogP) is 2.14. The van der Waals surface area contributed by atoms with Crippen LogP contribution >= 0.6 is 11.3 Å². The first-order valence-electron chi connectivity index (χ1n) is 7.30. The summed E-state index contributed by atoms with van der Waals surface area (Å²) in [5, 5.41) is 2.96. The number of nitrogens with one attached hydrogen (secondary N) is 1. The Bertz CT molecular complexity index is 618. The van der Waals surface area contributed by atoms with Crippen molar-refractivity contribution in [1.82, 2.24) is 0 Å². The standard InChI is InChI=1S/C15H19NO6S/c1-4-21-14(18)10-8(2)11(15(19)20-3)23-13(10)16-12(17)9-6-5-7-22-9/h9H,4-7H2,1-3H3,(H,16,17)/t9-/m0/s1. The van der Waals surface area contributed by atoms with Gasteiger partial charge < -0.3 is 19.5 Å². The number of anilines is 1. The van der Waals surface area contributed by atoms with Crippen molar-refractivity contribution in [1.29, 1.82) is 0 Å². The zero-order valence-electron chi connectivity index (χ0n) is 13.3. The van der Waals surface area contributed by atoms with Gasteiger partial charge in [0.15, 0.2) is 0 Å². The fraction of sp³-hybridized carbons (Fsp3) is 0.533. The highest BCUT2D eigenvalue weighted by atomic mass is 32.1. The number of hydrogen-bond donors (Lipinski definition) is 1.